The van der Waals surface area contributed by atoms with Gasteiger partial charge in [0.2, 0.25) is 0 Å². The van der Waals surface area contributed by atoms with Crippen molar-refractivity contribution in [2.45, 2.75) is 19.3 Å². The van der Waals surface area contributed by atoms with E-state index in [0.29, 0.717) is 19.0 Å². The minimum Gasteiger partial charge on any atom is -0.497 e. The second-order valence-corrected chi connectivity index (χ2v) is 4.98. The molecule has 0 amide bonds. The number of nitrogens with one attached hydrogen (secondary N) is 1. The summed E-state index contributed by atoms with van der Waals surface area (Å²) in [5.41, 5.74) is 6.89. The molecular weight excluding hydrogens is 238 g/mol. The molecule has 0 aliphatic carbocycles. The fourth-order valence-electron chi connectivity index (χ4n) is 1.65. The van der Waals surface area contributed by atoms with Crippen molar-refractivity contribution in [1.82, 2.24) is 5.32 Å². The molecule has 4 nitrogen and oxygen atoms in total. The molecule has 1 aromatic carbocycles. The van der Waals surface area contributed by atoms with Gasteiger partial charge in [0, 0.05) is 12.0 Å². The van der Waals surface area contributed by atoms with Gasteiger partial charge in [-0.2, -0.15) is 0 Å². The van der Waals surface area contributed by atoms with Gasteiger partial charge >= 0.3 is 0 Å². The van der Waals surface area contributed by atoms with Gasteiger partial charge in [-0.25, -0.2) is 0 Å². The van der Waals surface area contributed by atoms with Crippen LogP contribution in [-0.4, -0.2) is 26.2 Å². The predicted octanol–water partition coefficient (Wildman–Crippen LogP) is 2.06. The lowest BCUT2D eigenvalue weighted by molar-refractivity contribution is 0.414. The van der Waals surface area contributed by atoms with Gasteiger partial charge in [0.25, 0.3) is 0 Å². The number of benzene rings is 1. The second kappa shape index (κ2) is 6.83. The summed E-state index contributed by atoms with van der Waals surface area (Å²) < 4.78 is 5.16. The number of ether oxygens (including phenoxy) is 1. The number of rotatable bonds is 6. The average molecular weight is 261 g/mol. The summed E-state index contributed by atoms with van der Waals surface area (Å²) in [7, 11) is 1.66. The van der Waals surface area contributed by atoms with E-state index in [1.54, 1.807) is 13.2 Å². The van der Waals surface area contributed by atoms with Crippen LogP contribution in [0.3, 0.4) is 0 Å². The lowest BCUT2D eigenvalue weighted by atomic mass is 9.85. The van der Waals surface area contributed by atoms with Gasteiger partial charge in [-0.05, 0) is 17.7 Å². The summed E-state index contributed by atoms with van der Waals surface area (Å²) in [5.74, 6) is 1.30. The molecule has 4 heteroatoms. The predicted molar refractivity (Wildman–Crippen MR) is 80.7 cm³/mol. The summed E-state index contributed by atoms with van der Waals surface area (Å²) in [4.78, 5) is 4.36. The summed E-state index contributed by atoms with van der Waals surface area (Å²) in [6, 6.07) is 8.03. The summed E-state index contributed by atoms with van der Waals surface area (Å²) >= 11 is 0. The normalized spacial score (nSPS) is 12.1. The maximum Gasteiger partial charge on any atom is 0.188 e. The number of aliphatic imine (C=N–C) groups is 1. The molecule has 0 heterocycles. The third kappa shape index (κ3) is 4.66. The molecule has 0 atom stereocenters. The zero-order chi connectivity index (χ0) is 14.3. The molecule has 104 valence electrons. The maximum atomic E-state index is 5.76. The van der Waals surface area contributed by atoms with E-state index in [0.717, 1.165) is 5.75 Å². The first-order chi connectivity index (χ1) is 8.99. The van der Waals surface area contributed by atoms with Gasteiger partial charge < -0.3 is 15.8 Å². The average Bonchev–Trinajstić information content (AvgIpc) is 2.43. The number of hydrogen-bond donors (Lipinski definition) is 2. The van der Waals surface area contributed by atoms with Crippen molar-refractivity contribution in [1.29, 1.82) is 0 Å². The molecule has 0 bridgehead atoms. The zero-order valence-corrected chi connectivity index (χ0v) is 11.9. The molecule has 0 aromatic heterocycles. The molecule has 0 saturated heterocycles. The van der Waals surface area contributed by atoms with Crippen LogP contribution < -0.4 is 15.8 Å². The molecule has 1 aromatic rings. The SMILES string of the molecule is C=CCNC(N)=NCC(C)(C)c1ccc(OC)cc1. The van der Waals surface area contributed by atoms with Crippen molar-refractivity contribution < 1.29 is 4.74 Å². The lowest BCUT2D eigenvalue weighted by Gasteiger charge is -2.23. The molecule has 0 aliphatic heterocycles. The van der Waals surface area contributed by atoms with Gasteiger partial charge in [0.1, 0.15) is 5.75 Å². The quantitative estimate of drug-likeness (QED) is 0.468. The van der Waals surface area contributed by atoms with Gasteiger partial charge in [-0.3, -0.25) is 4.99 Å². The Bertz CT molecular complexity index is 435. The topological polar surface area (TPSA) is 59.6 Å². The van der Waals surface area contributed by atoms with E-state index >= 15 is 0 Å². The molecule has 19 heavy (non-hydrogen) atoms. The minimum atomic E-state index is -0.0766. The number of hydrogen-bond acceptors (Lipinski definition) is 2. The Morgan fingerprint density at radius 1 is 1.42 bits per heavy atom. The molecule has 0 spiro atoms. The van der Waals surface area contributed by atoms with Crippen molar-refractivity contribution in [2.24, 2.45) is 10.7 Å². The van der Waals surface area contributed by atoms with Crippen molar-refractivity contribution in [3.8, 4) is 5.75 Å². The van der Waals surface area contributed by atoms with Crippen LogP contribution in [0.15, 0.2) is 41.9 Å². The van der Waals surface area contributed by atoms with Crippen molar-refractivity contribution >= 4 is 5.96 Å². The molecule has 3 N–H and O–H groups in total. The van der Waals surface area contributed by atoms with Crippen LogP contribution in [0.1, 0.15) is 19.4 Å². The Labute approximate surface area is 115 Å². The first-order valence-corrected chi connectivity index (χ1v) is 6.29. The van der Waals surface area contributed by atoms with Crippen LogP contribution in [0.25, 0.3) is 0 Å². The van der Waals surface area contributed by atoms with Gasteiger partial charge in [0.15, 0.2) is 5.96 Å². The lowest BCUT2D eigenvalue weighted by Crippen LogP contribution is -2.33. The van der Waals surface area contributed by atoms with E-state index in [2.05, 4.69) is 42.9 Å². The second-order valence-electron chi connectivity index (χ2n) is 4.98. The van der Waals surface area contributed by atoms with Gasteiger partial charge in [0.05, 0.1) is 13.7 Å². The number of methoxy groups -OCH3 is 1. The van der Waals surface area contributed by atoms with E-state index in [1.165, 1.54) is 5.56 Å². The van der Waals surface area contributed by atoms with Crippen LogP contribution in [0.2, 0.25) is 0 Å². The molecule has 0 unspecified atom stereocenters. The van der Waals surface area contributed by atoms with Crippen LogP contribution in [0.5, 0.6) is 5.75 Å². The number of nitrogens with two attached hydrogens (primary N) is 1. The third-order valence-corrected chi connectivity index (χ3v) is 2.94. The van der Waals surface area contributed by atoms with E-state index in [4.69, 9.17) is 10.5 Å². The fraction of sp³-hybridized carbons (Fsp3) is 0.400. The highest BCUT2D eigenvalue weighted by Gasteiger charge is 2.20. The fourth-order valence-corrected chi connectivity index (χ4v) is 1.65. The first-order valence-electron chi connectivity index (χ1n) is 6.29. The van der Waals surface area contributed by atoms with Crippen molar-refractivity contribution in [2.75, 3.05) is 20.2 Å². The Balaban J connectivity index is 2.70. The largest absolute Gasteiger partial charge is 0.497 e. The molecule has 0 radical (unpaired) electrons. The summed E-state index contributed by atoms with van der Waals surface area (Å²) in [5, 5.41) is 2.96. The Kier molecular flexibility index (Phi) is 5.42. The monoisotopic (exact) mass is 261 g/mol. The highest BCUT2D eigenvalue weighted by molar-refractivity contribution is 5.78. The molecular formula is C15H23N3O. The van der Waals surface area contributed by atoms with Crippen LogP contribution in [0, 0.1) is 0 Å². The van der Waals surface area contributed by atoms with E-state index in [-0.39, 0.29) is 5.41 Å². The Morgan fingerprint density at radius 2 is 2.05 bits per heavy atom. The molecule has 0 aliphatic rings. The zero-order valence-electron chi connectivity index (χ0n) is 11.9. The standard InChI is InChI=1S/C15H23N3O/c1-5-10-17-14(16)18-11-15(2,3)12-6-8-13(19-4)9-7-12/h5-9H,1,10-11H2,2-4H3,(H3,16,17,18). The van der Waals surface area contributed by atoms with E-state index < -0.39 is 0 Å². The third-order valence-electron chi connectivity index (χ3n) is 2.94. The van der Waals surface area contributed by atoms with Crippen LogP contribution in [-0.2, 0) is 5.41 Å². The van der Waals surface area contributed by atoms with Gasteiger partial charge in [-0.1, -0.05) is 32.1 Å². The first kappa shape index (κ1) is 15.1. The molecule has 1 rings (SSSR count). The minimum absolute atomic E-state index is 0.0766. The highest BCUT2D eigenvalue weighted by Crippen LogP contribution is 2.25. The molecule has 0 saturated carbocycles. The van der Waals surface area contributed by atoms with Crippen molar-refractivity contribution in [3.63, 3.8) is 0 Å². The number of guanidine groups is 1. The summed E-state index contributed by atoms with van der Waals surface area (Å²) in [6.45, 7) is 9.14. The summed E-state index contributed by atoms with van der Waals surface area (Å²) in [6.07, 6.45) is 1.75. The Hall–Kier alpha value is -1.97. The van der Waals surface area contributed by atoms with Gasteiger partial charge in [-0.15, -0.1) is 6.58 Å². The van der Waals surface area contributed by atoms with E-state index in [9.17, 15) is 0 Å². The molecule has 0 fully saturated rings. The van der Waals surface area contributed by atoms with E-state index in [1.807, 2.05) is 12.1 Å². The van der Waals surface area contributed by atoms with Crippen LogP contribution in [0.4, 0.5) is 0 Å². The van der Waals surface area contributed by atoms with Crippen LogP contribution >= 0.6 is 0 Å². The van der Waals surface area contributed by atoms with Crippen molar-refractivity contribution in [3.05, 3.63) is 42.5 Å². The highest BCUT2D eigenvalue weighted by atomic mass is 16.5. The maximum absolute atomic E-state index is 5.76. The Morgan fingerprint density at radius 3 is 2.58 bits per heavy atom. The number of nitrogens with zero attached hydrogens (tertiary/aromatic N) is 1. The smallest absolute Gasteiger partial charge is 0.188 e.